The zero-order chi connectivity index (χ0) is 24.1. The highest BCUT2D eigenvalue weighted by Gasteiger charge is 2.35. The third-order valence-electron chi connectivity index (χ3n) is 4.94. The smallest absolute Gasteiger partial charge is 0.433 e. The number of rotatable bonds is 5. The van der Waals surface area contributed by atoms with Crippen molar-refractivity contribution in [2.75, 3.05) is 5.32 Å². The van der Waals surface area contributed by atoms with Crippen LogP contribution < -0.4 is 11.1 Å². The van der Waals surface area contributed by atoms with Crippen molar-refractivity contribution in [3.63, 3.8) is 0 Å². The highest BCUT2D eigenvalue weighted by Crippen LogP contribution is 2.44. The van der Waals surface area contributed by atoms with Crippen LogP contribution in [0.25, 0.3) is 21.5 Å². The van der Waals surface area contributed by atoms with Crippen molar-refractivity contribution in [2.24, 2.45) is 5.73 Å². The summed E-state index contributed by atoms with van der Waals surface area (Å²) in [7, 11) is 0. The van der Waals surface area contributed by atoms with E-state index < -0.39 is 29.7 Å². The second kappa shape index (κ2) is 8.19. The summed E-state index contributed by atoms with van der Waals surface area (Å²) < 4.78 is 47.1. The number of furan rings is 1. The van der Waals surface area contributed by atoms with E-state index in [1.807, 2.05) is 0 Å². The maximum absolute atomic E-state index is 13.5. The Labute approximate surface area is 193 Å². The van der Waals surface area contributed by atoms with Gasteiger partial charge in [-0.1, -0.05) is 11.6 Å². The molecule has 1 unspecified atom stereocenters. The summed E-state index contributed by atoms with van der Waals surface area (Å²) in [6.45, 7) is 3.23. The number of alkyl halides is 3. The van der Waals surface area contributed by atoms with Crippen LogP contribution in [-0.2, 0) is 11.0 Å². The minimum atomic E-state index is -4.75. The van der Waals surface area contributed by atoms with Gasteiger partial charge >= 0.3 is 6.18 Å². The van der Waals surface area contributed by atoms with E-state index in [0.717, 1.165) is 6.07 Å². The molecule has 172 valence electrons. The van der Waals surface area contributed by atoms with Crippen molar-refractivity contribution >= 4 is 50.7 Å². The number of primary amides is 1. The fraction of sp³-hybridized carbons (Fsp3) is 0.200. The summed E-state index contributed by atoms with van der Waals surface area (Å²) in [4.78, 5) is 28.5. The zero-order valence-corrected chi connectivity index (χ0v) is 18.6. The second-order valence-electron chi connectivity index (χ2n) is 7.07. The Bertz CT molecular complexity index is 1380. The molecule has 0 aliphatic carbocycles. The Balaban J connectivity index is 1.90. The fourth-order valence-electron chi connectivity index (χ4n) is 3.29. The molecule has 3 N–H and O–H groups in total. The molecule has 4 aromatic rings. The average Bonchev–Trinajstić information content (AvgIpc) is 3.47. The number of anilines is 1. The minimum absolute atomic E-state index is 0.00217. The van der Waals surface area contributed by atoms with Crippen LogP contribution in [0.3, 0.4) is 0 Å². The lowest BCUT2D eigenvalue weighted by atomic mass is 10.1. The van der Waals surface area contributed by atoms with Crippen LogP contribution in [0.2, 0.25) is 5.02 Å². The summed E-state index contributed by atoms with van der Waals surface area (Å²) in [5.74, 6) is -1.43. The van der Waals surface area contributed by atoms with Crippen LogP contribution in [-0.4, -0.2) is 26.6 Å². The van der Waals surface area contributed by atoms with Crippen molar-refractivity contribution in [2.45, 2.75) is 26.1 Å². The van der Waals surface area contributed by atoms with Gasteiger partial charge in [0, 0.05) is 10.9 Å². The third kappa shape index (κ3) is 4.07. The van der Waals surface area contributed by atoms with Gasteiger partial charge in [0.15, 0.2) is 0 Å². The van der Waals surface area contributed by atoms with Gasteiger partial charge in [-0.2, -0.15) is 18.3 Å². The van der Waals surface area contributed by atoms with Gasteiger partial charge in [-0.3, -0.25) is 14.3 Å². The van der Waals surface area contributed by atoms with E-state index in [-0.39, 0.29) is 32.1 Å². The van der Waals surface area contributed by atoms with Gasteiger partial charge in [0.25, 0.3) is 5.91 Å². The summed E-state index contributed by atoms with van der Waals surface area (Å²) in [5.41, 5.74) is 4.79. The van der Waals surface area contributed by atoms with Crippen LogP contribution in [0.1, 0.15) is 34.0 Å². The molecule has 0 aliphatic rings. The second-order valence-corrected chi connectivity index (χ2v) is 8.47. The van der Waals surface area contributed by atoms with Crippen molar-refractivity contribution in [1.82, 2.24) is 14.8 Å². The van der Waals surface area contributed by atoms with E-state index in [2.05, 4.69) is 15.4 Å². The maximum atomic E-state index is 13.5. The molecule has 4 rings (SSSR count). The number of aromatic nitrogens is 3. The van der Waals surface area contributed by atoms with Gasteiger partial charge in [0.05, 0.1) is 28.9 Å². The summed E-state index contributed by atoms with van der Waals surface area (Å²) >= 11 is 6.66. The maximum Gasteiger partial charge on any atom is 0.433 e. The van der Waals surface area contributed by atoms with Crippen molar-refractivity contribution < 1.29 is 27.2 Å². The molecule has 1 atom stereocenters. The van der Waals surface area contributed by atoms with E-state index >= 15 is 0 Å². The molecule has 0 radical (unpaired) electrons. The lowest BCUT2D eigenvalue weighted by molar-refractivity contribution is -0.140. The molecule has 33 heavy (non-hydrogen) atoms. The SMILES string of the molecule is Cc1c(Cl)cnn1C(C)C(=O)Nc1c(C(N)=O)sc2nc(C(F)(F)F)cc(-c3ccco3)c12. The highest BCUT2D eigenvalue weighted by atomic mass is 35.5. The van der Waals surface area contributed by atoms with E-state index in [4.69, 9.17) is 21.8 Å². The first-order valence-corrected chi connectivity index (χ1v) is 10.6. The lowest BCUT2D eigenvalue weighted by Gasteiger charge is -2.15. The molecule has 0 bridgehead atoms. The number of pyridine rings is 1. The number of carbonyl (C=O) groups is 2. The first-order valence-electron chi connectivity index (χ1n) is 9.38. The molecule has 0 aliphatic heterocycles. The fourth-order valence-corrected chi connectivity index (χ4v) is 4.43. The quantitative estimate of drug-likeness (QED) is 0.401. The predicted molar refractivity (Wildman–Crippen MR) is 116 cm³/mol. The summed E-state index contributed by atoms with van der Waals surface area (Å²) in [6, 6.07) is 2.90. The van der Waals surface area contributed by atoms with E-state index in [0.29, 0.717) is 22.1 Å². The topological polar surface area (TPSA) is 116 Å². The van der Waals surface area contributed by atoms with Gasteiger partial charge in [0.1, 0.15) is 27.2 Å². The third-order valence-corrected chi connectivity index (χ3v) is 6.41. The van der Waals surface area contributed by atoms with Crippen LogP contribution in [0.15, 0.2) is 35.1 Å². The van der Waals surface area contributed by atoms with Gasteiger partial charge in [-0.25, -0.2) is 4.98 Å². The number of nitrogens with two attached hydrogens (primary N) is 1. The number of nitrogens with zero attached hydrogens (tertiary/aromatic N) is 3. The van der Waals surface area contributed by atoms with Crippen LogP contribution in [0.5, 0.6) is 0 Å². The van der Waals surface area contributed by atoms with E-state index in [9.17, 15) is 22.8 Å². The van der Waals surface area contributed by atoms with Crippen LogP contribution >= 0.6 is 22.9 Å². The number of halogens is 4. The van der Waals surface area contributed by atoms with E-state index in [1.54, 1.807) is 13.8 Å². The first kappa shape index (κ1) is 22.8. The summed E-state index contributed by atoms with van der Waals surface area (Å²) in [6.07, 6.45) is -2.07. The van der Waals surface area contributed by atoms with Crippen LogP contribution in [0, 0.1) is 6.92 Å². The zero-order valence-electron chi connectivity index (χ0n) is 17.0. The number of thiophene rings is 1. The summed E-state index contributed by atoms with van der Waals surface area (Å²) in [5, 5.41) is 7.14. The van der Waals surface area contributed by atoms with Crippen LogP contribution in [0.4, 0.5) is 18.9 Å². The number of hydrogen-bond acceptors (Lipinski definition) is 6. The minimum Gasteiger partial charge on any atom is -0.464 e. The number of amides is 2. The number of nitrogens with one attached hydrogen (secondary N) is 1. The largest absolute Gasteiger partial charge is 0.464 e. The van der Waals surface area contributed by atoms with Crippen molar-refractivity contribution in [3.8, 4) is 11.3 Å². The van der Waals surface area contributed by atoms with Gasteiger partial charge in [-0.15, -0.1) is 11.3 Å². The van der Waals surface area contributed by atoms with Crippen molar-refractivity contribution in [3.05, 3.63) is 51.9 Å². The van der Waals surface area contributed by atoms with Gasteiger partial charge < -0.3 is 15.5 Å². The predicted octanol–water partition coefficient (Wildman–Crippen LogP) is 5.03. The Morgan fingerprint density at radius 2 is 2.09 bits per heavy atom. The molecule has 8 nitrogen and oxygen atoms in total. The molecule has 0 fully saturated rings. The van der Waals surface area contributed by atoms with E-state index in [1.165, 1.54) is 29.3 Å². The molecule has 4 aromatic heterocycles. The molecule has 0 aromatic carbocycles. The molecule has 4 heterocycles. The highest BCUT2D eigenvalue weighted by molar-refractivity contribution is 7.21. The number of hydrogen-bond donors (Lipinski definition) is 2. The Morgan fingerprint density at radius 1 is 1.36 bits per heavy atom. The van der Waals surface area contributed by atoms with Gasteiger partial charge in [0.2, 0.25) is 5.91 Å². The van der Waals surface area contributed by atoms with Crippen molar-refractivity contribution in [1.29, 1.82) is 0 Å². The molecule has 0 spiro atoms. The molecular weight excluding hydrogens is 483 g/mol. The number of fused-ring (bicyclic) bond motifs is 1. The first-order chi connectivity index (χ1) is 15.5. The molecule has 13 heteroatoms. The van der Waals surface area contributed by atoms with Gasteiger partial charge in [-0.05, 0) is 32.0 Å². The molecule has 0 saturated heterocycles. The molecule has 2 amide bonds. The Hall–Kier alpha value is -3.38. The normalized spacial score (nSPS) is 12.8. The average molecular weight is 498 g/mol. The number of carbonyl (C=O) groups excluding carboxylic acids is 2. The molecular formula is C20H15ClF3N5O3S. The lowest BCUT2D eigenvalue weighted by Crippen LogP contribution is -2.26. The Morgan fingerprint density at radius 3 is 2.64 bits per heavy atom. The monoisotopic (exact) mass is 497 g/mol. The Kier molecular flexibility index (Phi) is 5.66. The molecule has 0 saturated carbocycles. The standard InChI is InChI=1S/C20H15ClF3N5O3S/c1-8-11(21)7-26-29(8)9(2)18(31)28-15-14-10(12-4-3-5-32-12)6-13(20(22,23)24)27-19(14)33-16(15)17(25)30/h3-7,9H,1-2H3,(H2,25,30)(H,28,31).